The third kappa shape index (κ3) is 1.48. The predicted octanol–water partition coefficient (Wildman–Crippen LogP) is 1.69. The lowest BCUT2D eigenvalue weighted by atomic mass is 10.2. The Labute approximate surface area is 91.2 Å². The van der Waals surface area contributed by atoms with Gasteiger partial charge in [0.05, 0.1) is 12.2 Å². The summed E-state index contributed by atoms with van der Waals surface area (Å²) >= 11 is 0. The average molecular weight is 216 g/mol. The van der Waals surface area contributed by atoms with Crippen molar-refractivity contribution < 1.29 is 4.63 Å². The number of anilines is 1. The summed E-state index contributed by atoms with van der Waals surface area (Å²) in [6.07, 6.45) is 5.22. The molecule has 1 heterocycles. The number of aromatic nitrogens is 2. The molecule has 6 nitrogen and oxygen atoms in total. The second-order valence-corrected chi connectivity index (χ2v) is 3.22. The number of nitroso groups, excluding NO2 is 1. The summed E-state index contributed by atoms with van der Waals surface area (Å²) in [5.41, 5.74) is 1.78. The number of benzene rings is 1. The molecular formula is C10H8N4O2. The molecule has 0 unspecified atom stereocenters. The second-order valence-electron chi connectivity index (χ2n) is 3.22. The molecular weight excluding hydrogens is 208 g/mol. The number of terminal acetylenes is 1. The largest absolute Gasteiger partial charge is 0.362 e. The van der Waals surface area contributed by atoms with E-state index >= 15 is 0 Å². The zero-order valence-electron chi connectivity index (χ0n) is 8.54. The van der Waals surface area contributed by atoms with Crippen molar-refractivity contribution in [1.29, 1.82) is 0 Å². The Morgan fingerprint density at radius 2 is 2.25 bits per heavy atom. The molecule has 0 aliphatic heterocycles. The van der Waals surface area contributed by atoms with Crippen molar-refractivity contribution in [2.45, 2.75) is 0 Å². The van der Waals surface area contributed by atoms with Crippen LogP contribution in [0.15, 0.2) is 21.9 Å². The highest BCUT2D eigenvalue weighted by molar-refractivity contribution is 5.95. The quantitative estimate of drug-likeness (QED) is 0.576. The van der Waals surface area contributed by atoms with Crippen LogP contribution in [0.2, 0.25) is 0 Å². The Morgan fingerprint density at radius 1 is 1.50 bits per heavy atom. The fourth-order valence-corrected chi connectivity index (χ4v) is 1.44. The van der Waals surface area contributed by atoms with E-state index in [9.17, 15) is 4.91 Å². The van der Waals surface area contributed by atoms with Gasteiger partial charge in [-0.3, -0.25) is 0 Å². The summed E-state index contributed by atoms with van der Waals surface area (Å²) in [4.78, 5) is 12.3. The smallest absolute Gasteiger partial charge is 0.166 e. The van der Waals surface area contributed by atoms with Crippen molar-refractivity contribution >= 4 is 22.4 Å². The molecule has 0 fully saturated rings. The molecule has 0 spiro atoms. The number of hydrogen-bond donors (Lipinski definition) is 0. The number of hydrogen-bond acceptors (Lipinski definition) is 6. The first-order chi connectivity index (χ1) is 7.77. The van der Waals surface area contributed by atoms with Crippen molar-refractivity contribution in [3.8, 4) is 12.3 Å². The van der Waals surface area contributed by atoms with E-state index in [-0.39, 0.29) is 5.69 Å². The van der Waals surface area contributed by atoms with Gasteiger partial charge in [-0.25, -0.2) is 4.63 Å². The highest BCUT2D eigenvalue weighted by Gasteiger charge is 2.14. The van der Waals surface area contributed by atoms with Gasteiger partial charge in [0.2, 0.25) is 0 Å². The third-order valence-corrected chi connectivity index (χ3v) is 2.21. The van der Waals surface area contributed by atoms with Crippen LogP contribution in [0.1, 0.15) is 0 Å². The summed E-state index contributed by atoms with van der Waals surface area (Å²) < 4.78 is 4.60. The molecule has 1 aromatic heterocycles. The van der Waals surface area contributed by atoms with Crippen LogP contribution < -0.4 is 4.90 Å². The lowest BCUT2D eigenvalue weighted by Gasteiger charge is -2.15. The van der Waals surface area contributed by atoms with Crippen LogP contribution >= 0.6 is 0 Å². The number of nitrogens with zero attached hydrogens (tertiary/aromatic N) is 4. The lowest BCUT2D eigenvalue weighted by molar-refractivity contribution is 0.315. The van der Waals surface area contributed by atoms with Crippen molar-refractivity contribution in [2.75, 3.05) is 18.5 Å². The van der Waals surface area contributed by atoms with Gasteiger partial charge >= 0.3 is 0 Å². The zero-order valence-corrected chi connectivity index (χ0v) is 8.54. The van der Waals surface area contributed by atoms with Crippen molar-refractivity contribution in [2.24, 2.45) is 5.18 Å². The Hall–Kier alpha value is -2.42. The minimum Gasteiger partial charge on any atom is -0.362 e. The Morgan fingerprint density at radius 3 is 2.94 bits per heavy atom. The lowest BCUT2D eigenvalue weighted by Crippen LogP contribution is -2.17. The van der Waals surface area contributed by atoms with Gasteiger partial charge in [-0.15, -0.1) is 11.3 Å². The van der Waals surface area contributed by atoms with Gasteiger partial charge in [0.25, 0.3) is 0 Å². The van der Waals surface area contributed by atoms with Crippen LogP contribution in [0.3, 0.4) is 0 Å². The zero-order chi connectivity index (χ0) is 11.5. The van der Waals surface area contributed by atoms with E-state index in [2.05, 4.69) is 26.0 Å². The highest BCUT2D eigenvalue weighted by atomic mass is 16.6. The first-order valence-electron chi connectivity index (χ1n) is 4.51. The molecule has 0 aliphatic carbocycles. The molecule has 2 aromatic rings. The van der Waals surface area contributed by atoms with Crippen LogP contribution in [0.25, 0.3) is 11.0 Å². The topological polar surface area (TPSA) is 71.6 Å². The van der Waals surface area contributed by atoms with E-state index in [1.807, 2.05) is 7.05 Å². The summed E-state index contributed by atoms with van der Waals surface area (Å²) in [5, 5.41) is 10.2. The summed E-state index contributed by atoms with van der Waals surface area (Å²) in [6.45, 7) is 0.426. The van der Waals surface area contributed by atoms with E-state index in [1.165, 1.54) is 0 Å². The molecule has 1 aromatic carbocycles. The van der Waals surface area contributed by atoms with Crippen LogP contribution in [0, 0.1) is 17.3 Å². The Kier molecular flexibility index (Phi) is 2.52. The van der Waals surface area contributed by atoms with Gasteiger partial charge in [0.15, 0.2) is 11.0 Å². The maximum atomic E-state index is 10.5. The van der Waals surface area contributed by atoms with Crippen LogP contribution in [-0.4, -0.2) is 23.9 Å². The summed E-state index contributed by atoms with van der Waals surface area (Å²) in [6, 6.07) is 3.27. The average Bonchev–Trinajstić information content (AvgIpc) is 2.76. The Bertz CT molecular complexity index is 570. The van der Waals surface area contributed by atoms with Crippen molar-refractivity contribution in [1.82, 2.24) is 10.3 Å². The van der Waals surface area contributed by atoms with Gasteiger partial charge in [0.1, 0.15) is 5.69 Å². The first kappa shape index (κ1) is 10.1. The van der Waals surface area contributed by atoms with Crippen molar-refractivity contribution in [3.63, 3.8) is 0 Å². The fraction of sp³-hybridized carbons (Fsp3) is 0.200. The van der Waals surface area contributed by atoms with E-state index in [4.69, 9.17) is 6.42 Å². The summed E-state index contributed by atoms with van der Waals surface area (Å²) in [7, 11) is 1.82. The molecule has 16 heavy (non-hydrogen) atoms. The molecule has 0 radical (unpaired) electrons. The standard InChI is InChI=1S/C10H8N4O2/c1-3-6-14(2)8-5-4-7(11-15)9-10(8)13-16-12-9/h1,4-5H,6H2,2H3. The van der Waals surface area contributed by atoms with Crippen LogP contribution in [0.5, 0.6) is 0 Å². The van der Waals surface area contributed by atoms with Gasteiger partial charge in [-0.1, -0.05) is 5.92 Å². The van der Waals surface area contributed by atoms with E-state index in [0.29, 0.717) is 17.6 Å². The van der Waals surface area contributed by atoms with Gasteiger partial charge < -0.3 is 4.90 Å². The predicted molar refractivity (Wildman–Crippen MR) is 59.4 cm³/mol. The second kappa shape index (κ2) is 3.98. The fourth-order valence-electron chi connectivity index (χ4n) is 1.44. The summed E-state index contributed by atoms with van der Waals surface area (Å²) in [5.74, 6) is 2.51. The third-order valence-electron chi connectivity index (χ3n) is 2.21. The van der Waals surface area contributed by atoms with Crippen LogP contribution in [-0.2, 0) is 0 Å². The highest BCUT2D eigenvalue weighted by Crippen LogP contribution is 2.30. The first-order valence-corrected chi connectivity index (χ1v) is 4.51. The monoisotopic (exact) mass is 216 g/mol. The van der Waals surface area contributed by atoms with E-state index < -0.39 is 0 Å². The minimum atomic E-state index is 0.203. The Balaban J connectivity index is 2.60. The van der Waals surface area contributed by atoms with Gasteiger partial charge in [0, 0.05) is 7.05 Å². The molecule has 0 amide bonds. The van der Waals surface area contributed by atoms with Gasteiger partial charge in [-0.2, -0.15) is 0 Å². The SMILES string of the molecule is C#CCN(C)c1ccc(N=O)c2nonc12. The molecule has 0 bridgehead atoms. The molecule has 80 valence electrons. The molecule has 0 saturated heterocycles. The molecule has 2 rings (SSSR count). The molecule has 0 atom stereocenters. The van der Waals surface area contributed by atoms with Crippen molar-refractivity contribution in [3.05, 3.63) is 17.0 Å². The normalized spacial score (nSPS) is 10.0. The number of rotatable bonds is 3. The van der Waals surface area contributed by atoms with Gasteiger partial charge in [-0.05, 0) is 27.6 Å². The number of fused-ring (bicyclic) bond motifs is 1. The van der Waals surface area contributed by atoms with E-state index in [1.54, 1.807) is 17.0 Å². The van der Waals surface area contributed by atoms with Crippen LogP contribution in [0.4, 0.5) is 11.4 Å². The molecule has 0 aliphatic rings. The maximum absolute atomic E-state index is 10.5. The van der Waals surface area contributed by atoms with E-state index in [0.717, 1.165) is 5.69 Å². The minimum absolute atomic E-state index is 0.203. The molecule has 0 N–H and O–H groups in total. The maximum Gasteiger partial charge on any atom is 0.166 e. The molecule has 0 saturated carbocycles. The molecule has 6 heteroatoms.